The quantitative estimate of drug-likeness (QED) is 0.0438. The zero-order chi connectivity index (χ0) is 72.5. The van der Waals surface area contributed by atoms with Gasteiger partial charge in [0.2, 0.25) is 11.1 Å². The van der Waals surface area contributed by atoms with E-state index >= 15 is 0 Å². The number of nitrogens with one attached hydrogen (secondary N) is 1. The van der Waals surface area contributed by atoms with Gasteiger partial charge >= 0.3 is 23.9 Å². The van der Waals surface area contributed by atoms with Gasteiger partial charge < -0.3 is 67.3 Å². The van der Waals surface area contributed by atoms with E-state index in [0.717, 1.165) is 30.9 Å². The van der Waals surface area contributed by atoms with E-state index in [1.807, 2.05) is 6.08 Å². The molecular weight excluding hydrogens is 1330 g/mol. The molecule has 0 bridgehead atoms. The molecule has 2 N–H and O–H groups in total. The molecule has 530 valence electrons. The summed E-state index contributed by atoms with van der Waals surface area (Å²) in [6, 6.07) is 8.55. The third-order valence-electron chi connectivity index (χ3n) is 12.8. The molecular formula is C70H76ClN7O22. The third-order valence-corrected chi connectivity index (χ3v) is 13.3. The van der Waals surface area contributed by atoms with Gasteiger partial charge in [0, 0.05) is 79.4 Å². The Labute approximate surface area is 580 Å². The number of fused-ring (bicyclic) bond motifs is 5. The second-order valence-corrected chi connectivity index (χ2v) is 23.2. The normalized spacial score (nSPS) is 14.9. The number of hydrogen-bond acceptors (Lipinski definition) is 26. The van der Waals surface area contributed by atoms with Crippen molar-refractivity contribution in [1.29, 1.82) is 0 Å². The lowest BCUT2D eigenvalue weighted by Crippen LogP contribution is -2.37. The number of rotatable bonds is 10. The van der Waals surface area contributed by atoms with Crippen LogP contribution < -0.4 is 52.7 Å². The maximum absolute atomic E-state index is 12.0. The highest BCUT2D eigenvalue weighted by Gasteiger charge is 2.26. The summed E-state index contributed by atoms with van der Waals surface area (Å²) in [5.41, 5.74) is 2.21. The Bertz CT molecular complexity index is 3890. The molecule has 0 fully saturated rings. The standard InChI is InChI=1S/C15H14N2O4.C15H17NO5.C12H13NO4.C10H9NO4.C8H7NO3.C5H9ClO.C5H7NO/c18-13-3-1-2-6-17(13)14(19)5-4-11-9-12-15(16-10-11)21-8-7-20-12;1-15(2,3)14(18)21-12(17)5-4-10-8-11-13(16-9-10)20-7-6-19-11;1-2-15-11(14)4-3-9-7-10-12(13-8-9)17-6-5-16-10;12-9(13)2-1-7-5-8-10(11-6-7)15-4-3-14-8;10-5-6-3-7-8(9-4-6)12-2-1-11-7;1-5(2,3)4(6)7;7-5-3-1-2-4-6-5/h1,3-5,9-10H,2,6-8H2;4-5,8-9H,6-7H2,1-3H3;3-4,7-8H,2,5-6H2,1H3;1-2,5-6H,3-4H2,(H,12,13);3-5H,1-2H2;1-3H3;1,3H,2,4H2,(H,6,7)/b2*5-4+;4-3+;2-1+;;;. The first-order chi connectivity index (χ1) is 47.9. The van der Waals surface area contributed by atoms with Gasteiger partial charge in [-0.1, -0.05) is 32.9 Å². The van der Waals surface area contributed by atoms with E-state index in [4.69, 9.17) is 73.5 Å². The van der Waals surface area contributed by atoms with Crippen molar-refractivity contribution in [3.8, 4) is 58.1 Å². The zero-order valence-corrected chi connectivity index (χ0v) is 56.7. The van der Waals surface area contributed by atoms with Crippen molar-refractivity contribution in [3.63, 3.8) is 0 Å². The minimum atomic E-state index is -0.995. The number of halogens is 1. The minimum absolute atomic E-state index is 0.0336. The van der Waals surface area contributed by atoms with Crippen molar-refractivity contribution < 1.29 is 105 Å². The number of imide groups is 1. The first-order valence-corrected chi connectivity index (χ1v) is 31.5. The van der Waals surface area contributed by atoms with Gasteiger partial charge in [-0.15, -0.1) is 0 Å². The van der Waals surface area contributed by atoms with Gasteiger partial charge in [-0.25, -0.2) is 39.3 Å². The Morgan fingerprint density at radius 3 is 1.21 bits per heavy atom. The Morgan fingerprint density at radius 2 is 0.880 bits per heavy atom. The summed E-state index contributed by atoms with van der Waals surface area (Å²) in [5.74, 6) is 1.85. The number of ether oxygens (including phenoxy) is 12. The molecule has 0 saturated carbocycles. The molecule has 12 rings (SSSR count). The van der Waals surface area contributed by atoms with Crippen LogP contribution in [0, 0.1) is 10.8 Å². The van der Waals surface area contributed by atoms with Gasteiger partial charge in [0.1, 0.15) is 66.1 Å². The van der Waals surface area contributed by atoms with E-state index in [2.05, 4.69) is 30.2 Å². The maximum atomic E-state index is 12.0. The smallest absolute Gasteiger partial charge is 0.338 e. The summed E-state index contributed by atoms with van der Waals surface area (Å²) in [4.78, 5) is 120. The molecule has 0 spiro atoms. The lowest BCUT2D eigenvalue weighted by atomic mass is 9.97. The van der Waals surface area contributed by atoms with E-state index < -0.39 is 23.3 Å². The fourth-order valence-corrected chi connectivity index (χ4v) is 7.73. The highest BCUT2D eigenvalue weighted by molar-refractivity contribution is 6.64. The van der Waals surface area contributed by atoms with Crippen molar-refractivity contribution >= 4 is 89.0 Å². The van der Waals surface area contributed by atoms with Crippen LogP contribution in [0.25, 0.3) is 24.3 Å². The van der Waals surface area contributed by atoms with Crippen LogP contribution in [-0.4, -0.2) is 174 Å². The summed E-state index contributed by atoms with van der Waals surface area (Å²) in [6.45, 7) is 18.6. The van der Waals surface area contributed by atoms with Gasteiger partial charge in [0.05, 0.1) is 12.0 Å². The number of aldehydes is 1. The molecule has 0 aliphatic carbocycles. The monoisotopic (exact) mass is 1400 g/mol. The van der Waals surface area contributed by atoms with Gasteiger partial charge in [-0.3, -0.25) is 33.7 Å². The highest BCUT2D eigenvalue weighted by atomic mass is 35.5. The van der Waals surface area contributed by atoms with Crippen LogP contribution in [0.3, 0.4) is 0 Å². The zero-order valence-electron chi connectivity index (χ0n) is 56.0. The lowest BCUT2D eigenvalue weighted by molar-refractivity contribution is -0.162. The molecule has 0 radical (unpaired) electrons. The van der Waals surface area contributed by atoms with Crippen LogP contribution in [0.4, 0.5) is 0 Å². The summed E-state index contributed by atoms with van der Waals surface area (Å²) >= 11 is 5.11. The predicted octanol–water partition coefficient (Wildman–Crippen LogP) is 8.07. The Morgan fingerprint density at radius 1 is 0.520 bits per heavy atom. The molecule has 0 saturated heterocycles. The molecule has 7 aliphatic heterocycles. The maximum Gasteiger partial charge on any atom is 0.338 e. The number of carbonyl (C=O) groups excluding carboxylic acids is 8. The molecule has 0 atom stereocenters. The van der Waals surface area contributed by atoms with Crippen molar-refractivity contribution in [2.75, 3.05) is 85.8 Å². The second-order valence-electron chi connectivity index (χ2n) is 22.9. The number of hydrogen-bond donors (Lipinski definition) is 2. The minimum Gasteiger partial charge on any atom is -0.484 e. The SMILES string of the molecule is CC(C)(C)C(=O)Cl.CC(C)(C)C(=O)OC(=O)/C=C/c1cnc2c(c1)OCCO2.CCOC(=O)/C=C/c1cnc2c(c1)OCCO2.O=C(O)/C=C/c1cnc2c(c1)OCCO2.O=C1C=CCCN1.O=C1C=CCCN1C(=O)/C=C/c1cnc2c(c1)OCCO2.O=Cc1cnc2c(c1)OCCO2. The average Bonchev–Trinajstić information content (AvgIpc) is 1.04. The molecule has 0 aromatic carbocycles. The first-order valence-electron chi connectivity index (χ1n) is 31.2. The van der Waals surface area contributed by atoms with Crippen molar-refractivity contribution in [2.45, 2.75) is 61.3 Å². The van der Waals surface area contributed by atoms with E-state index in [9.17, 15) is 43.2 Å². The molecule has 12 heterocycles. The largest absolute Gasteiger partial charge is 0.484 e. The molecule has 7 aliphatic rings. The second kappa shape index (κ2) is 39.7. The molecule has 5 aromatic heterocycles. The predicted molar refractivity (Wildman–Crippen MR) is 360 cm³/mol. The number of carbonyl (C=O) groups is 9. The number of nitrogens with zero attached hydrogens (tertiary/aromatic N) is 6. The van der Waals surface area contributed by atoms with Gasteiger partial charge in [-0.05, 0) is 141 Å². The lowest BCUT2D eigenvalue weighted by Gasteiger charge is -2.19. The van der Waals surface area contributed by atoms with Crippen LogP contribution >= 0.6 is 11.6 Å². The van der Waals surface area contributed by atoms with Crippen molar-refractivity contribution in [3.05, 3.63) is 138 Å². The van der Waals surface area contributed by atoms with Crippen LogP contribution in [0.2, 0.25) is 0 Å². The number of aliphatic carboxylic acids is 1. The van der Waals surface area contributed by atoms with Crippen molar-refractivity contribution in [2.24, 2.45) is 10.8 Å². The van der Waals surface area contributed by atoms with Crippen LogP contribution in [0.15, 0.2) is 110 Å². The summed E-state index contributed by atoms with van der Waals surface area (Å²) in [5, 5.41) is 10.8. The highest BCUT2D eigenvalue weighted by Crippen LogP contribution is 2.32. The number of carboxylic acid groups (broad SMARTS) is 1. The summed E-state index contributed by atoms with van der Waals surface area (Å²) in [7, 11) is 0. The third kappa shape index (κ3) is 27.2. The van der Waals surface area contributed by atoms with Crippen molar-refractivity contribution in [1.82, 2.24) is 35.1 Å². The van der Waals surface area contributed by atoms with Gasteiger partial charge in [-0.2, -0.15) is 0 Å². The van der Waals surface area contributed by atoms with Crippen LogP contribution in [0.1, 0.15) is 93.9 Å². The average molecular weight is 1400 g/mol. The molecule has 0 unspecified atom stereocenters. The fourth-order valence-electron chi connectivity index (χ4n) is 7.73. The first kappa shape index (κ1) is 77.5. The van der Waals surface area contributed by atoms with E-state index in [1.54, 1.807) is 122 Å². The molecule has 3 amide bonds. The number of amides is 3. The Balaban J connectivity index is 0.000000189. The molecule has 5 aromatic rings. The van der Waals surface area contributed by atoms with E-state index in [0.29, 0.717) is 166 Å². The van der Waals surface area contributed by atoms with E-state index in [-0.39, 0.29) is 34.3 Å². The number of carboxylic acids is 1. The topological polar surface area (TPSA) is 364 Å². The molecule has 29 nitrogen and oxygen atoms in total. The molecule has 100 heavy (non-hydrogen) atoms. The number of pyridine rings is 5. The Hall–Kier alpha value is -11.5. The molecule has 30 heteroatoms. The fraction of sp³-hybridized carbons (Fsp3) is 0.343. The van der Waals surface area contributed by atoms with Crippen LogP contribution in [-0.2, 0) is 47.8 Å². The van der Waals surface area contributed by atoms with Gasteiger partial charge in [0.25, 0.3) is 41.2 Å². The Kier molecular flexibility index (Phi) is 30.7. The number of esters is 3. The summed E-state index contributed by atoms with van der Waals surface area (Å²) in [6.07, 6.45) is 27.9. The van der Waals surface area contributed by atoms with Gasteiger partial charge in [0.15, 0.2) is 35.0 Å². The summed E-state index contributed by atoms with van der Waals surface area (Å²) < 4.78 is 62.5. The number of aromatic nitrogens is 5. The van der Waals surface area contributed by atoms with Crippen LogP contribution in [0.5, 0.6) is 58.1 Å². The van der Waals surface area contributed by atoms with E-state index in [1.165, 1.54) is 53.7 Å².